The molecule has 0 aliphatic heterocycles. The lowest BCUT2D eigenvalue weighted by Crippen LogP contribution is -1.88. The standard InChI is InChI=1S/C17H18ClNO/c1-3-4-7-13-16(19-20-17(13)12-9-10-12)15-11(2)6-5-8-14(15)18/h4-8,12H,3,9-10H2,1-2H3/b7-4+. The first-order valence-electron chi connectivity index (χ1n) is 7.14. The van der Waals surface area contributed by atoms with Crippen molar-refractivity contribution in [2.45, 2.75) is 39.0 Å². The number of hydrogen-bond donors (Lipinski definition) is 0. The molecular weight excluding hydrogens is 270 g/mol. The summed E-state index contributed by atoms with van der Waals surface area (Å²) in [6.07, 6.45) is 7.67. The first kappa shape index (κ1) is 13.4. The van der Waals surface area contributed by atoms with E-state index in [1.165, 1.54) is 12.8 Å². The molecule has 1 fully saturated rings. The number of rotatable bonds is 4. The van der Waals surface area contributed by atoms with Crippen LogP contribution in [0.2, 0.25) is 5.02 Å². The van der Waals surface area contributed by atoms with E-state index in [-0.39, 0.29) is 0 Å². The molecule has 0 atom stereocenters. The Bertz CT molecular complexity index is 633. The van der Waals surface area contributed by atoms with Gasteiger partial charge in [0.1, 0.15) is 11.5 Å². The number of benzene rings is 1. The van der Waals surface area contributed by atoms with Crippen molar-refractivity contribution in [2.75, 3.05) is 0 Å². The summed E-state index contributed by atoms with van der Waals surface area (Å²) in [5.41, 5.74) is 4.09. The van der Waals surface area contributed by atoms with Gasteiger partial charge in [0.15, 0.2) is 0 Å². The maximum absolute atomic E-state index is 6.37. The normalized spacial score (nSPS) is 15.2. The predicted molar refractivity (Wildman–Crippen MR) is 83.0 cm³/mol. The minimum absolute atomic E-state index is 0.538. The molecule has 0 radical (unpaired) electrons. The van der Waals surface area contributed by atoms with Gasteiger partial charge in [-0.25, -0.2) is 0 Å². The van der Waals surface area contributed by atoms with Crippen LogP contribution in [0.15, 0.2) is 28.8 Å². The van der Waals surface area contributed by atoms with Gasteiger partial charge in [0.05, 0.1) is 5.02 Å². The summed E-state index contributed by atoms with van der Waals surface area (Å²) in [7, 11) is 0. The largest absolute Gasteiger partial charge is 0.360 e. The Morgan fingerprint density at radius 2 is 2.20 bits per heavy atom. The lowest BCUT2D eigenvalue weighted by atomic mass is 10.00. The van der Waals surface area contributed by atoms with Crippen LogP contribution in [0.4, 0.5) is 0 Å². The fourth-order valence-corrected chi connectivity index (χ4v) is 2.77. The van der Waals surface area contributed by atoms with E-state index in [1.54, 1.807) is 0 Å². The molecule has 3 rings (SSSR count). The van der Waals surface area contributed by atoms with Crippen molar-refractivity contribution in [2.24, 2.45) is 0 Å². The summed E-state index contributed by atoms with van der Waals surface area (Å²) in [6.45, 7) is 4.18. The van der Waals surface area contributed by atoms with Gasteiger partial charge in [-0.05, 0) is 37.8 Å². The maximum Gasteiger partial charge on any atom is 0.147 e. The van der Waals surface area contributed by atoms with Crippen LogP contribution in [0.1, 0.15) is 49.0 Å². The molecule has 20 heavy (non-hydrogen) atoms. The molecule has 3 heteroatoms. The number of allylic oxidation sites excluding steroid dienone is 1. The monoisotopic (exact) mass is 287 g/mol. The molecule has 0 bridgehead atoms. The zero-order valence-electron chi connectivity index (χ0n) is 11.8. The Balaban J connectivity index is 2.16. The smallest absolute Gasteiger partial charge is 0.147 e. The van der Waals surface area contributed by atoms with Crippen molar-refractivity contribution < 1.29 is 4.52 Å². The van der Waals surface area contributed by atoms with E-state index in [4.69, 9.17) is 16.1 Å². The van der Waals surface area contributed by atoms with E-state index >= 15 is 0 Å². The number of aromatic nitrogens is 1. The van der Waals surface area contributed by atoms with E-state index in [0.717, 1.165) is 39.6 Å². The first-order chi connectivity index (χ1) is 9.72. The summed E-state index contributed by atoms with van der Waals surface area (Å²) >= 11 is 6.37. The van der Waals surface area contributed by atoms with E-state index in [1.807, 2.05) is 12.1 Å². The molecule has 0 saturated heterocycles. The van der Waals surface area contributed by atoms with Gasteiger partial charge >= 0.3 is 0 Å². The SMILES string of the molecule is CC/C=C/c1c(-c2c(C)cccc2Cl)noc1C1CC1. The molecule has 1 aliphatic rings. The molecule has 1 aromatic heterocycles. The van der Waals surface area contributed by atoms with Gasteiger partial charge in [0.25, 0.3) is 0 Å². The Morgan fingerprint density at radius 1 is 1.40 bits per heavy atom. The van der Waals surface area contributed by atoms with Crippen LogP contribution in [0, 0.1) is 6.92 Å². The third-order valence-corrected chi connectivity index (χ3v) is 4.00. The fourth-order valence-electron chi connectivity index (χ4n) is 2.46. The van der Waals surface area contributed by atoms with Crippen molar-refractivity contribution in [3.05, 3.63) is 46.2 Å². The number of hydrogen-bond acceptors (Lipinski definition) is 2. The second kappa shape index (κ2) is 5.45. The number of halogens is 1. The highest BCUT2D eigenvalue weighted by Gasteiger charge is 2.32. The lowest BCUT2D eigenvalue weighted by molar-refractivity contribution is 0.386. The maximum atomic E-state index is 6.37. The van der Waals surface area contributed by atoms with E-state index in [2.05, 4.69) is 37.2 Å². The average Bonchev–Trinajstić information content (AvgIpc) is 3.19. The second-order valence-electron chi connectivity index (χ2n) is 5.33. The topological polar surface area (TPSA) is 26.0 Å². The van der Waals surface area contributed by atoms with Crippen LogP contribution in [-0.4, -0.2) is 5.16 Å². The fraction of sp³-hybridized carbons (Fsp3) is 0.353. The minimum atomic E-state index is 0.538. The molecular formula is C17H18ClNO. The van der Waals surface area contributed by atoms with Crippen molar-refractivity contribution >= 4 is 17.7 Å². The van der Waals surface area contributed by atoms with Gasteiger partial charge in [0.2, 0.25) is 0 Å². The predicted octanol–water partition coefficient (Wildman–Crippen LogP) is 5.60. The molecule has 1 aliphatic carbocycles. The van der Waals surface area contributed by atoms with Gasteiger partial charge < -0.3 is 4.52 Å². The number of nitrogens with zero attached hydrogens (tertiary/aromatic N) is 1. The zero-order valence-corrected chi connectivity index (χ0v) is 12.6. The molecule has 2 aromatic rings. The van der Waals surface area contributed by atoms with Crippen LogP contribution in [0.25, 0.3) is 17.3 Å². The average molecular weight is 288 g/mol. The van der Waals surface area contributed by atoms with Crippen LogP contribution in [0.3, 0.4) is 0 Å². The zero-order chi connectivity index (χ0) is 14.1. The molecule has 1 saturated carbocycles. The summed E-state index contributed by atoms with van der Waals surface area (Å²) in [5, 5.41) is 5.04. The quantitative estimate of drug-likeness (QED) is 0.731. The molecule has 0 unspecified atom stereocenters. The summed E-state index contributed by atoms with van der Waals surface area (Å²) in [6, 6.07) is 5.92. The molecule has 2 nitrogen and oxygen atoms in total. The van der Waals surface area contributed by atoms with Crippen LogP contribution < -0.4 is 0 Å². The van der Waals surface area contributed by atoms with Gasteiger partial charge in [-0.2, -0.15) is 0 Å². The van der Waals surface area contributed by atoms with E-state index < -0.39 is 0 Å². The third-order valence-electron chi connectivity index (χ3n) is 3.68. The summed E-state index contributed by atoms with van der Waals surface area (Å²) in [4.78, 5) is 0. The Labute approximate surface area is 124 Å². The van der Waals surface area contributed by atoms with Gasteiger partial charge in [-0.3, -0.25) is 0 Å². The van der Waals surface area contributed by atoms with Crippen molar-refractivity contribution in [1.29, 1.82) is 0 Å². The molecule has 0 spiro atoms. The molecule has 0 N–H and O–H groups in total. The first-order valence-corrected chi connectivity index (χ1v) is 7.51. The highest BCUT2D eigenvalue weighted by Crippen LogP contribution is 2.45. The van der Waals surface area contributed by atoms with E-state index in [0.29, 0.717) is 5.92 Å². The number of aryl methyl sites for hydroxylation is 1. The van der Waals surface area contributed by atoms with Crippen molar-refractivity contribution in [1.82, 2.24) is 5.16 Å². The minimum Gasteiger partial charge on any atom is -0.360 e. The van der Waals surface area contributed by atoms with Crippen LogP contribution >= 0.6 is 11.6 Å². The highest BCUT2D eigenvalue weighted by molar-refractivity contribution is 6.33. The Hall–Kier alpha value is -1.54. The molecule has 0 amide bonds. The third kappa shape index (κ3) is 2.40. The molecule has 1 aromatic carbocycles. The van der Waals surface area contributed by atoms with E-state index in [9.17, 15) is 0 Å². The lowest BCUT2D eigenvalue weighted by Gasteiger charge is -2.06. The Kier molecular flexibility index (Phi) is 3.66. The molecule has 1 heterocycles. The second-order valence-corrected chi connectivity index (χ2v) is 5.73. The van der Waals surface area contributed by atoms with Crippen molar-refractivity contribution in [3.8, 4) is 11.3 Å². The Morgan fingerprint density at radius 3 is 2.85 bits per heavy atom. The van der Waals surface area contributed by atoms with Gasteiger partial charge in [-0.1, -0.05) is 48.0 Å². The summed E-state index contributed by atoms with van der Waals surface area (Å²) in [5.74, 6) is 1.56. The summed E-state index contributed by atoms with van der Waals surface area (Å²) < 4.78 is 5.62. The van der Waals surface area contributed by atoms with Gasteiger partial charge in [-0.15, -0.1) is 0 Å². The van der Waals surface area contributed by atoms with Crippen LogP contribution in [-0.2, 0) is 0 Å². The molecule has 104 valence electrons. The van der Waals surface area contributed by atoms with Crippen molar-refractivity contribution in [3.63, 3.8) is 0 Å². The highest BCUT2D eigenvalue weighted by atomic mass is 35.5. The van der Waals surface area contributed by atoms with Gasteiger partial charge in [0, 0.05) is 17.0 Å². The van der Waals surface area contributed by atoms with Crippen LogP contribution in [0.5, 0.6) is 0 Å².